The van der Waals surface area contributed by atoms with Gasteiger partial charge in [0.15, 0.2) is 18.1 Å². The Morgan fingerprint density at radius 1 is 1.07 bits per heavy atom. The summed E-state index contributed by atoms with van der Waals surface area (Å²) < 4.78 is 16.1. The van der Waals surface area contributed by atoms with Crippen LogP contribution in [0.3, 0.4) is 0 Å². The molecular weight excluding hydrogens is 348 g/mol. The first kappa shape index (κ1) is 18.6. The van der Waals surface area contributed by atoms with Crippen LogP contribution in [0.2, 0.25) is 0 Å². The lowest BCUT2D eigenvalue weighted by atomic mass is 10.1. The van der Waals surface area contributed by atoms with E-state index >= 15 is 0 Å². The van der Waals surface area contributed by atoms with Crippen molar-refractivity contribution in [3.8, 4) is 11.5 Å². The van der Waals surface area contributed by atoms with Gasteiger partial charge in [-0.2, -0.15) is 0 Å². The first-order valence-electron chi connectivity index (χ1n) is 8.76. The molecule has 0 fully saturated rings. The number of carbonyl (C=O) groups is 2. The number of esters is 1. The van der Waals surface area contributed by atoms with Crippen LogP contribution in [0.4, 0.5) is 5.69 Å². The van der Waals surface area contributed by atoms with Gasteiger partial charge in [-0.3, -0.25) is 4.79 Å². The third kappa shape index (κ3) is 4.91. The van der Waals surface area contributed by atoms with Crippen LogP contribution in [0.5, 0.6) is 11.5 Å². The smallest absolute Gasteiger partial charge is 0.340 e. The van der Waals surface area contributed by atoms with E-state index in [1.54, 1.807) is 25.2 Å². The zero-order valence-electron chi connectivity index (χ0n) is 15.1. The minimum atomic E-state index is -0.540. The average Bonchev–Trinajstić information content (AvgIpc) is 2.72. The molecule has 2 aromatic carbocycles. The summed E-state index contributed by atoms with van der Waals surface area (Å²) in [6.07, 6.45) is 0.638. The molecule has 7 heteroatoms. The molecule has 1 heterocycles. The zero-order chi connectivity index (χ0) is 19.1. The van der Waals surface area contributed by atoms with E-state index in [9.17, 15) is 9.59 Å². The number of nitrogens with one attached hydrogen (secondary N) is 2. The predicted octanol–water partition coefficient (Wildman–Crippen LogP) is 2.02. The Balaban J connectivity index is 1.43. The second-order valence-corrected chi connectivity index (χ2v) is 5.95. The Hall–Kier alpha value is -3.22. The third-order valence-electron chi connectivity index (χ3n) is 4.09. The van der Waals surface area contributed by atoms with E-state index in [1.807, 2.05) is 24.3 Å². The highest BCUT2D eigenvalue weighted by atomic mass is 16.6. The molecule has 0 unspecified atom stereocenters. The second kappa shape index (κ2) is 8.93. The van der Waals surface area contributed by atoms with Crippen LogP contribution in [0, 0.1) is 0 Å². The van der Waals surface area contributed by atoms with Gasteiger partial charge in [0.05, 0.1) is 5.56 Å². The van der Waals surface area contributed by atoms with Crippen LogP contribution in [0.15, 0.2) is 42.5 Å². The number of amides is 1. The van der Waals surface area contributed by atoms with Crippen molar-refractivity contribution in [3.63, 3.8) is 0 Å². The molecule has 2 N–H and O–H groups in total. The lowest BCUT2D eigenvalue weighted by molar-refractivity contribution is -0.124. The van der Waals surface area contributed by atoms with Crippen molar-refractivity contribution in [1.29, 1.82) is 0 Å². The van der Waals surface area contributed by atoms with E-state index in [2.05, 4.69) is 10.6 Å². The molecule has 0 bridgehead atoms. The molecule has 142 valence electrons. The summed E-state index contributed by atoms with van der Waals surface area (Å²) in [6.45, 7) is 1.20. The minimum Gasteiger partial charge on any atom is -0.486 e. The van der Waals surface area contributed by atoms with Crippen molar-refractivity contribution in [3.05, 3.63) is 53.6 Å². The van der Waals surface area contributed by atoms with Crippen molar-refractivity contribution < 1.29 is 23.8 Å². The Morgan fingerprint density at radius 3 is 2.67 bits per heavy atom. The van der Waals surface area contributed by atoms with Crippen molar-refractivity contribution in [1.82, 2.24) is 5.32 Å². The van der Waals surface area contributed by atoms with Gasteiger partial charge >= 0.3 is 5.97 Å². The summed E-state index contributed by atoms with van der Waals surface area (Å²) in [5.74, 6) is 0.578. The van der Waals surface area contributed by atoms with Gasteiger partial charge in [-0.15, -0.1) is 0 Å². The van der Waals surface area contributed by atoms with Crippen LogP contribution in [-0.4, -0.2) is 45.3 Å². The number of carbonyl (C=O) groups excluding carboxylic acids is 2. The number of anilines is 1. The molecular formula is C20H22N2O5. The molecule has 7 nitrogen and oxygen atoms in total. The number of hydrogen-bond donors (Lipinski definition) is 2. The van der Waals surface area contributed by atoms with Crippen molar-refractivity contribution >= 4 is 17.6 Å². The molecule has 2 aromatic rings. The molecule has 0 radical (unpaired) electrons. The van der Waals surface area contributed by atoms with Gasteiger partial charge in [-0.25, -0.2) is 4.79 Å². The first-order valence-corrected chi connectivity index (χ1v) is 8.76. The fraction of sp³-hybridized carbons (Fsp3) is 0.300. The maximum Gasteiger partial charge on any atom is 0.340 e. The topological polar surface area (TPSA) is 85.9 Å². The molecule has 0 aliphatic carbocycles. The summed E-state index contributed by atoms with van der Waals surface area (Å²) in [4.78, 5) is 24.0. The lowest BCUT2D eigenvalue weighted by Gasteiger charge is -2.18. The Kier molecular flexibility index (Phi) is 6.14. The number of hydrogen-bond acceptors (Lipinski definition) is 6. The van der Waals surface area contributed by atoms with Crippen molar-refractivity contribution in [2.45, 2.75) is 6.42 Å². The van der Waals surface area contributed by atoms with E-state index < -0.39 is 5.97 Å². The average molecular weight is 370 g/mol. The lowest BCUT2D eigenvalue weighted by Crippen LogP contribution is -2.30. The highest BCUT2D eigenvalue weighted by Crippen LogP contribution is 2.30. The van der Waals surface area contributed by atoms with Crippen LogP contribution in [-0.2, 0) is 16.0 Å². The molecule has 3 rings (SSSR count). The number of ether oxygens (including phenoxy) is 3. The molecule has 1 amide bonds. The number of fused-ring (bicyclic) bond motifs is 1. The summed E-state index contributed by atoms with van der Waals surface area (Å²) in [7, 11) is 1.72. The van der Waals surface area contributed by atoms with E-state index in [-0.39, 0.29) is 12.5 Å². The van der Waals surface area contributed by atoms with Crippen LogP contribution < -0.4 is 20.1 Å². The largest absolute Gasteiger partial charge is 0.486 e. The fourth-order valence-electron chi connectivity index (χ4n) is 2.73. The molecule has 1 aliphatic rings. The van der Waals surface area contributed by atoms with E-state index in [4.69, 9.17) is 14.2 Å². The maximum atomic E-state index is 12.1. The molecule has 0 saturated carbocycles. The summed E-state index contributed by atoms with van der Waals surface area (Å²) in [6, 6.07) is 12.7. The third-order valence-corrected chi connectivity index (χ3v) is 4.09. The predicted molar refractivity (Wildman–Crippen MR) is 100 cm³/mol. The fourth-order valence-corrected chi connectivity index (χ4v) is 2.73. The van der Waals surface area contributed by atoms with Crippen molar-refractivity contribution in [2.75, 3.05) is 38.7 Å². The summed E-state index contributed by atoms with van der Waals surface area (Å²) >= 11 is 0. The van der Waals surface area contributed by atoms with Crippen molar-refractivity contribution in [2.24, 2.45) is 0 Å². The van der Waals surface area contributed by atoms with E-state index in [0.29, 0.717) is 37.4 Å². The SMILES string of the molecule is CNc1ccccc1C(=O)OCC(=O)NCCc1ccc2c(c1)OCCO2. The van der Waals surface area contributed by atoms with Crippen LogP contribution in [0.25, 0.3) is 0 Å². The van der Waals surface area contributed by atoms with Gasteiger partial charge in [-0.05, 0) is 36.2 Å². The summed E-state index contributed by atoms with van der Waals surface area (Å²) in [5.41, 5.74) is 2.07. The van der Waals surface area contributed by atoms with Gasteiger partial charge in [0.25, 0.3) is 5.91 Å². The highest BCUT2D eigenvalue weighted by Gasteiger charge is 2.14. The number of rotatable bonds is 7. The standard InChI is InChI=1S/C20H22N2O5/c1-21-16-5-3-2-4-15(16)20(24)27-13-19(23)22-9-8-14-6-7-17-18(12-14)26-11-10-25-17/h2-7,12,21H,8-11,13H2,1H3,(H,22,23). The monoisotopic (exact) mass is 370 g/mol. The Morgan fingerprint density at radius 2 is 1.85 bits per heavy atom. The first-order chi connectivity index (χ1) is 13.2. The zero-order valence-corrected chi connectivity index (χ0v) is 15.1. The molecule has 27 heavy (non-hydrogen) atoms. The second-order valence-electron chi connectivity index (χ2n) is 5.95. The van der Waals surface area contributed by atoms with Gasteiger partial charge < -0.3 is 24.8 Å². The van der Waals surface area contributed by atoms with E-state index in [1.165, 1.54) is 0 Å². The molecule has 0 spiro atoms. The molecule has 0 aromatic heterocycles. The maximum absolute atomic E-state index is 12.1. The Labute approximate surface area is 157 Å². The molecule has 1 aliphatic heterocycles. The van der Waals surface area contributed by atoms with Gasteiger partial charge in [0.2, 0.25) is 0 Å². The normalized spacial score (nSPS) is 12.2. The van der Waals surface area contributed by atoms with Gasteiger partial charge in [-0.1, -0.05) is 18.2 Å². The Bertz CT molecular complexity index is 822. The van der Waals surface area contributed by atoms with Crippen LogP contribution >= 0.6 is 0 Å². The van der Waals surface area contributed by atoms with E-state index in [0.717, 1.165) is 17.1 Å². The molecule has 0 atom stereocenters. The number of para-hydroxylation sites is 1. The quantitative estimate of drug-likeness (QED) is 0.725. The summed E-state index contributed by atoms with van der Waals surface area (Å²) in [5, 5.41) is 5.66. The van der Waals surface area contributed by atoms with Gasteiger partial charge in [0.1, 0.15) is 13.2 Å². The van der Waals surface area contributed by atoms with Crippen LogP contribution in [0.1, 0.15) is 15.9 Å². The number of benzene rings is 2. The highest BCUT2D eigenvalue weighted by molar-refractivity contribution is 5.96. The molecule has 0 saturated heterocycles. The van der Waals surface area contributed by atoms with Gasteiger partial charge in [0, 0.05) is 19.3 Å². The minimum absolute atomic E-state index is 0.321.